The Morgan fingerprint density at radius 2 is 2.29 bits per heavy atom. The third-order valence-corrected chi connectivity index (χ3v) is 4.71. The van der Waals surface area contributed by atoms with Gasteiger partial charge in [0.05, 0.1) is 12.5 Å². The Bertz CT molecular complexity index is 336. The third kappa shape index (κ3) is 4.01. The molecular formula is C12H19NO2S2. The van der Waals surface area contributed by atoms with E-state index in [-0.39, 0.29) is 29.7 Å². The van der Waals surface area contributed by atoms with E-state index in [9.17, 15) is 4.79 Å². The SMILES string of the molecule is CSC(CO)C(C)NC(=O)C(C)c1ccsc1. The molecule has 0 saturated carbocycles. The van der Waals surface area contributed by atoms with E-state index in [4.69, 9.17) is 5.11 Å². The van der Waals surface area contributed by atoms with Crippen LogP contribution in [0, 0.1) is 0 Å². The lowest BCUT2D eigenvalue weighted by molar-refractivity contribution is -0.122. The van der Waals surface area contributed by atoms with Gasteiger partial charge in [0, 0.05) is 11.3 Å². The van der Waals surface area contributed by atoms with Crippen molar-refractivity contribution in [3.8, 4) is 0 Å². The van der Waals surface area contributed by atoms with Crippen LogP contribution < -0.4 is 5.32 Å². The minimum absolute atomic E-state index is 0.0170. The van der Waals surface area contributed by atoms with Crippen molar-refractivity contribution in [3.05, 3.63) is 22.4 Å². The molecule has 1 aromatic rings. The number of amides is 1. The molecule has 0 aliphatic heterocycles. The molecule has 0 radical (unpaired) electrons. The topological polar surface area (TPSA) is 49.3 Å². The zero-order valence-corrected chi connectivity index (χ0v) is 12.0. The van der Waals surface area contributed by atoms with Crippen LogP contribution in [0.4, 0.5) is 0 Å². The normalized spacial score (nSPS) is 16.2. The number of carbonyl (C=O) groups is 1. The molecule has 0 bridgehead atoms. The molecule has 3 atom stereocenters. The lowest BCUT2D eigenvalue weighted by Gasteiger charge is -2.23. The lowest BCUT2D eigenvalue weighted by Crippen LogP contribution is -2.42. The summed E-state index contributed by atoms with van der Waals surface area (Å²) >= 11 is 3.16. The highest BCUT2D eigenvalue weighted by molar-refractivity contribution is 7.99. The number of hydrogen-bond acceptors (Lipinski definition) is 4. The fraction of sp³-hybridized carbons (Fsp3) is 0.583. The Morgan fingerprint density at radius 3 is 2.76 bits per heavy atom. The van der Waals surface area contributed by atoms with Gasteiger partial charge in [0.2, 0.25) is 5.91 Å². The molecule has 0 spiro atoms. The van der Waals surface area contributed by atoms with Gasteiger partial charge < -0.3 is 10.4 Å². The van der Waals surface area contributed by atoms with Crippen molar-refractivity contribution in [1.82, 2.24) is 5.32 Å². The fourth-order valence-corrected chi connectivity index (χ4v) is 2.93. The predicted molar refractivity (Wildman–Crippen MR) is 74.7 cm³/mol. The molecule has 0 aromatic carbocycles. The van der Waals surface area contributed by atoms with Crippen LogP contribution in [0.3, 0.4) is 0 Å². The van der Waals surface area contributed by atoms with Gasteiger partial charge in [-0.1, -0.05) is 0 Å². The fourth-order valence-electron chi connectivity index (χ4n) is 1.55. The Kier molecular flexibility index (Phi) is 6.02. The number of nitrogens with one attached hydrogen (secondary N) is 1. The molecule has 3 nitrogen and oxygen atoms in total. The van der Waals surface area contributed by atoms with E-state index in [0.717, 1.165) is 5.56 Å². The third-order valence-electron chi connectivity index (χ3n) is 2.85. The number of hydrogen-bond donors (Lipinski definition) is 2. The molecule has 1 heterocycles. The van der Waals surface area contributed by atoms with Gasteiger partial charge >= 0.3 is 0 Å². The van der Waals surface area contributed by atoms with E-state index in [1.807, 2.05) is 36.9 Å². The van der Waals surface area contributed by atoms with Crippen molar-refractivity contribution in [2.45, 2.75) is 31.1 Å². The molecule has 0 fully saturated rings. The maximum Gasteiger partial charge on any atom is 0.227 e. The second kappa shape index (κ2) is 7.03. The molecule has 5 heteroatoms. The monoisotopic (exact) mass is 273 g/mol. The first-order valence-corrected chi connectivity index (χ1v) is 7.79. The summed E-state index contributed by atoms with van der Waals surface area (Å²) in [7, 11) is 0. The van der Waals surface area contributed by atoms with Gasteiger partial charge in [-0.3, -0.25) is 4.79 Å². The predicted octanol–water partition coefficient (Wildman–Crippen LogP) is 2.08. The minimum atomic E-state index is -0.134. The number of rotatable bonds is 6. The number of aliphatic hydroxyl groups excluding tert-OH is 1. The zero-order chi connectivity index (χ0) is 12.8. The van der Waals surface area contributed by atoms with Gasteiger partial charge in [-0.25, -0.2) is 0 Å². The second-order valence-electron chi connectivity index (χ2n) is 4.03. The molecule has 96 valence electrons. The number of thiophene rings is 1. The molecule has 3 unspecified atom stereocenters. The highest BCUT2D eigenvalue weighted by Crippen LogP contribution is 2.19. The van der Waals surface area contributed by atoms with E-state index in [1.54, 1.807) is 23.1 Å². The summed E-state index contributed by atoms with van der Waals surface area (Å²) in [5, 5.41) is 16.1. The molecule has 1 aromatic heterocycles. The Balaban J connectivity index is 2.54. The molecule has 2 N–H and O–H groups in total. The lowest BCUT2D eigenvalue weighted by atomic mass is 10.0. The maximum absolute atomic E-state index is 12.0. The van der Waals surface area contributed by atoms with Gasteiger partial charge in [-0.2, -0.15) is 23.1 Å². The van der Waals surface area contributed by atoms with Crippen LogP contribution in [0.5, 0.6) is 0 Å². The second-order valence-corrected chi connectivity index (χ2v) is 5.89. The quantitative estimate of drug-likeness (QED) is 0.834. The summed E-state index contributed by atoms with van der Waals surface area (Å²) in [6, 6.07) is 1.95. The Morgan fingerprint density at radius 1 is 1.59 bits per heavy atom. The van der Waals surface area contributed by atoms with Gasteiger partial charge in [0.1, 0.15) is 0 Å². The van der Waals surface area contributed by atoms with Gasteiger partial charge in [-0.05, 0) is 42.5 Å². The molecule has 0 aliphatic rings. The summed E-state index contributed by atoms with van der Waals surface area (Å²) < 4.78 is 0. The van der Waals surface area contributed by atoms with E-state index < -0.39 is 0 Å². The maximum atomic E-state index is 12.0. The van der Waals surface area contributed by atoms with E-state index in [2.05, 4.69) is 5.32 Å². The van der Waals surface area contributed by atoms with Crippen LogP contribution in [-0.4, -0.2) is 35.2 Å². The van der Waals surface area contributed by atoms with E-state index >= 15 is 0 Å². The van der Waals surface area contributed by atoms with Gasteiger partial charge in [-0.15, -0.1) is 0 Å². The van der Waals surface area contributed by atoms with E-state index in [1.165, 1.54) is 0 Å². The van der Waals surface area contributed by atoms with Crippen molar-refractivity contribution in [1.29, 1.82) is 0 Å². The Hall–Kier alpha value is -0.520. The molecule has 1 rings (SSSR count). The van der Waals surface area contributed by atoms with Crippen LogP contribution in [-0.2, 0) is 4.79 Å². The number of thioether (sulfide) groups is 1. The van der Waals surface area contributed by atoms with Gasteiger partial charge in [0.15, 0.2) is 0 Å². The van der Waals surface area contributed by atoms with Crippen molar-refractivity contribution in [3.63, 3.8) is 0 Å². The number of aliphatic hydroxyl groups is 1. The standard InChI is InChI=1S/C12H19NO2S2/c1-8(10-4-5-17-7-10)12(15)13-9(2)11(6-14)16-3/h4-5,7-9,11,14H,6H2,1-3H3,(H,13,15). The van der Waals surface area contributed by atoms with Crippen LogP contribution in [0.1, 0.15) is 25.3 Å². The minimum Gasteiger partial charge on any atom is -0.395 e. The average molecular weight is 273 g/mol. The van der Waals surface area contributed by atoms with Crippen molar-refractivity contribution in [2.24, 2.45) is 0 Å². The Labute approximate surface area is 111 Å². The van der Waals surface area contributed by atoms with Gasteiger partial charge in [0.25, 0.3) is 0 Å². The first-order chi connectivity index (χ1) is 8.10. The largest absolute Gasteiger partial charge is 0.395 e. The van der Waals surface area contributed by atoms with Crippen LogP contribution in [0.25, 0.3) is 0 Å². The molecular weight excluding hydrogens is 254 g/mol. The molecule has 17 heavy (non-hydrogen) atoms. The summed E-state index contributed by atoms with van der Waals surface area (Å²) in [6.45, 7) is 3.90. The molecule has 0 aliphatic carbocycles. The van der Waals surface area contributed by atoms with Crippen LogP contribution in [0.2, 0.25) is 0 Å². The summed E-state index contributed by atoms with van der Waals surface area (Å²) in [4.78, 5) is 12.0. The van der Waals surface area contributed by atoms with Crippen LogP contribution >= 0.6 is 23.1 Å². The summed E-state index contributed by atoms with van der Waals surface area (Å²) in [5.41, 5.74) is 1.05. The smallest absolute Gasteiger partial charge is 0.227 e. The van der Waals surface area contributed by atoms with Crippen LogP contribution in [0.15, 0.2) is 16.8 Å². The first kappa shape index (κ1) is 14.5. The average Bonchev–Trinajstić information content (AvgIpc) is 2.83. The van der Waals surface area contributed by atoms with Crippen molar-refractivity contribution in [2.75, 3.05) is 12.9 Å². The zero-order valence-electron chi connectivity index (χ0n) is 10.3. The highest BCUT2D eigenvalue weighted by atomic mass is 32.2. The summed E-state index contributed by atoms with van der Waals surface area (Å²) in [5.74, 6) is -0.117. The molecule has 1 amide bonds. The molecule has 0 saturated heterocycles. The number of carbonyl (C=O) groups excluding carboxylic acids is 1. The van der Waals surface area contributed by atoms with Crippen molar-refractivity contribution < 1.29 is 9.90 Å². The van der Waals surface area contributed by atoms with E-state index in [0.29, 0.717) is 0 Å². The summed E-state index contributed by atoms with van der Waals surface area (Å²) in [6.07, 6.45) is 1.94. The first-order valence-electron chi connectivity index (χ1n) is 5.56. The van der Waals surface area contributed by atoms with Crippen molar-refractivity contribution >= 4 is 29.0 Å². The highest BCUT2D eigenvalue weighted by Gasteiger charge is 2.21.